The van der Waals surface area contributed by atoms with Crippen molar-refractivity contribution in [3.63, 3.8) is 0 Å². The van der Waals surface area contributed by atoms with Crippen molar-refractivity contribution in [3.8, 4) is 11.5 Å². The summed E-state index contributed by atoms with van der Waals surface area (Å²) in [6.45, 7) is 4.64. The molecule has 4 atom stereocenters. The second-order valence-corrected chi connectivity index (χ2v) is 8.87. The molecule has 1 saturated carbocycles. The third kappa shape index (κ3) is 8.14. The van der Waals surface area contributed by atoms with Crippen molar-refractivity contribution in [1.82, 2.24) is 10.6 Å². The molecular weight excluding hydrogens is 489 g/mol. The van der Waals surface area contributed by atoms with Crippen LogP contribution in [-0.2, 0) is 10.8 Å². The third-order valence-electron chi connectivity index (χ3n) is 4.78. The Balaban J connectivity index is 0.00000392. The first-order valence-corrected chi connectivity index (χ1v) is 11.1. The van der Waals surface area contributed by atoms with Gasteiger partial charge in [0, 0.05) is 41.0 Å². The molecule has 1 aliphatic carbocycles. The first-order chi connectivity index (χ1) is 13.0. The molecule has 0 aromatic heterocycles. The predicted molar refractivity (Wildman–Crippen MR) is 128 cm³/mol. The highest BCUT2D eigenvalue weighted by Crippen LogP contribution is 2.23. The lowest BCUT2D eigenvalue weighted by molar-refractivity contribution is 0.222. The summed E-state index contributed by atoms with van der Waals surface area (Å²) in [5.74, 6) is 3.07. The predicted octanol–water partition coefficient (Wildman–Crippen LogP) is 3.33. The molecule has 4 unspecified atom stereocenters. The average Bonchev–Trinajstić information content (AvgIpc) is 2.70. The molecule has 28 heavy (non-hydrogen) atoms. The molecule has 2 rings (SSSR count). The van der Waals surface area contributed by atoms with Gasteiger partial charge in [0.1, 0.15) is 17.6 Å². The lowest BCUT2D eigenvalue weighted by atomic mass is 9.95. The molecule has 1 fully saturated rings. The Morgan fingerprint density at radius 1 is 1.36 bits per heavy atom. The van der Waals surface area contributed by atoms with E-state index in [1.165, 1.54) is 0 Å². The normalized spacial score (nSPS) is 21.8. The maximum atomic E-state index is 12.1. The Morgan fingerprint density at radius 2 is 2.11 bits per heavy atom. The summed E-state index contributed by atoms with van der Waals surface area (Å²) < 4.78 is 23.3. The van der Waals surface area contributed by atoms with Gasteiger partial charge in [-0.2, -0.15) is 0 Å². The van der Waals surface area contributed by atoms with Crippen molar-refractivity contribution in [1.29, 1.82) is 0 Å². The van der Waals surface area contributed by atoms with Crippen LogP contribution in [0.25, 0.3) is 0 Å². The van der Waals surface area contributed by atoms with Gasteiger partial charge < -0.3 is 20.1 Å². The van der Waals surface area contributed by atoms with Crippen LogP contribution in [0.2, 0.25) is 0 Å². The molecule has 2 N–H and O–H groups in total. The molecule has 0 saturated heterocycles. The second kappa shape index (κ2) is 13.2. The Morgan fingerprint density at radius 3 is 2.79 bits per heavy atom. The summed E-state index contributed by atoms with van der Waals surface area (Å²) in [7, 11) is 2.70. The van der Waals surface area contributed by atoms with Crippen LogP contribution in [0.5, 0.6) is 11.5 Å². The van der Waals surface area contributed by atoms with Crippen LogP contribution in [-0.4, -0.2) is 54.0 Å². The monoisotopic (exact) mass is 523 g/mol. The van der Waals surface area contributed by atoms with Crippen LogP contribution in [0, 0.1) is 0 Å². The first-order valence-electron chi connectivity index (χ1n) is 9.70. The van der Waals surface area contributed by atoms with Crippen LogP contribution in [0.4, 0.5) is 0 Å². The van der Waals surface area contributed by atoms with Gasteiger partial charge in [-0.25, -0.2) is 0 Å². The van der Waals surface area contributed by atoms with E-state index < -0.39 is 10.8 Å². The minimum Gasteiger partial charge on any atom is -0.497 e. The number of nitrogens with one attached hydrogen (secondary N) is 2. The van der Waals surface area contributed by atoms with Crippen molar-refractivity contribution in [3.05, 3.63) is 24.3 Å². The van der Waals surface area contributed by atoms with Crippen molar-refractivity contribution in [2.75, 3.05) is 26.5 Å². The minimum atomic E-state index is -0.718. The van der Waals surface area contributed by atoms with E-state index in [0.717, 1.165) is 48.9 Å². The maximum Gasteiger partial charge on any atom is 0.191 e. The molecule has 160 valence electrons. The average molecular weight is 523 g/mol. The summed E-state index contributed by atoms with van der Waals surface area (Å²) >= 11 is 0. The van der Waals surface area contributed by atoms with Crippen molar-refractivity contribution in [2.24, 2.45) is 4.99 Å². The number of methoxy groups -OCH3 is 1. The SMILES string of the molecule is CCS(=O)C1CCCC(NC(=NC)NCC(C)Oc2cccc(OC)c2)C1.I. The van der Waals surface area contributed by atoms with Crippen LogP contribution in [0.3, 0.4) is 0 Å². The molecule has 1 aromatic rings. The van der Waals surface area contributed by atoms with Gasteiger partial charge in [0.25, 0.3) is 0 Å². The number of hydrogen-bond acceptors (Lipinski definition) is 4. The fourth-order valence-electron chi connectivity index (χ4n) is 3.33. The van der Waals surface area contributed by atoms with E-state index in [1.54, 1.807) is 14.2 Å². The number of nitrogens with zero attached hydrogens (tertiary/aromatic N) is 1. The number of benzene rings is 1. The molecule has 0 radical (unpaired) electrons. The zero-order chi connectivity index (χ0) is 19.6. The van der Waals surface area contributed by atoms with Crippen molar-refractivity contribution in [2.45, 2.75) is 56.9 Å². The quantitative estimate of drug-likeness (QED) is 0.311. The van der Waals surface area contributed by atoms with Gasteiger partial charge in [0.15, 0.2) is 5.96 Å². The molecule has 0 heterocycles. The number of hydrogen-bond donors (Lipinski definition) is 2. The van der Waals surface area contributed by atoms with Crippen LogP contribution in [0.15, 0.2) is 29.3 Å². The Kier molecular flexibility index (Phi) is 11.8. The molecule has 8 heteroatoms. The van der Waals surface area contributed by atoms with Gasteiger partial charge in [-0.3, -0.25) is 9.20 Å². The molecule has 6 nitrogen and oxygen atoms in total. The van der Waals surface area contributed by atoms with E-state index in [4.69, 9.17) is 9.47 Å². The Bertz CT molecular complexity index is 645. The van der Waals surface area contributed by atoms with E-state index in [-0.39, 0.29) is 30.1 Å². The zero-order valence-corrected chi connectivity index (χ0v) is 20.4. The number of guanidine groups is 1. The number of ether oxygens (including phenoxy) is 2. The van der Waals surface area contributed by atoms with E-state index in [0.29, 0.717) is 17.8 Å². The zero-order valence-electron chi connectivity index (χ0n) is 17.3. The van der Waals surface area contributed by atoms with E-state index >= 15 is 0 Å². The molecule has 1 aliphatic rings. The van der Waals surface area contributed by atoms with Gasteiger partial charge in [-0.15, -0.1) is 24.0 Å². The Hall–Kier alpha value is -1.03. The van der Waals surface area contributed by atoms with Crippen LogP contribution >= 0.6 is 24.0 Å². The number of aliphatic imine (C=N–C) groups is 1. The highest BCUT2D eigenvalue weighted by Gasteiger charge is 2.26. The van der Waals surface area contributed by atoms with Crippen molar-refractivity contribution < 1.29 is 13.7 Å². The lowest BCUT2D eigenvalue weighted by Gasteiger charge is -2.30. The number of halogens is 1. The largest absolute Gasteiger partial charge is 0.497 e. The summed E-state index contributed by atoms with van der Waals surface area (Å²) in [5, 5.41) is 7.11. The molecule has 0 amide bonds. The molecule has 0 aliphatic heterocycles. The number of rotatable bonds is 8. The fourth-order valence-corrected chi connectivity index (χ4v) is 4.68. The van der Waals surface area contributed by atoms with Crippen molar-refractivity contribution >= 4 is 40.7 Å². The lowest BCUT2D eigenvalue weighted by Crippen LogP contribution is -2.48. The van der Waals surface area contributed by atoms with Gasteiger partial charge in [0.05, 0.1) is 13.7 Å². The van der Waals surface area contributed by atoms with Gasteiger partial charge in [0.2, 0.25) is 0 Å². The van der Waals surface area contributed by atoms with Crippen LogP contribution in [0.1, 0.15) is 39.5 Å². The van der Waals surface area contributed by atoms with Gasteiger partial charge >= 0.3 is 0 Å². The van der Waals surface area contributed by atoms with Gasteiger partial charge in [-0.05, 0) is 38.3 Å². The third-order valence-corrected chi connectivity index (χ3v) is 6.52. The topological polar surface area (TPSA) is 72.0 Å². The molecule has 0 bridgehead atoms. The highest BCUT2D eigenvalue weighted by molar-refractivity contribution is 14.0. The standard InChI is InChI=1S/C20H33N3O3S.HI/c1-5-27(24)19-11-6-8-16(12-19)23-20(21-3)22-14-15(2)26-18-10-7-9-17(13-18)25-4;/h7,9-10,13,15-16,19H,5-6,8,11-12,14H2,1-4H3,(H2,21,22,23);1H. The minimum absolute atomic E-state index is 0. The van der Waals surface area contributed by atoms with E-state index in [9.17, 15) is 4.21 Å². The highest BCUT2D eigenvalue weighted by atomic mass is 127. The molecule has 1 aromatic carbocycles. The molecular formula is C20H34IN3O3S. The summed E-state index contributed by atoms with van der Waals surface area (Å²) in [4.78, 5) is 4.32. The summed E-state index contributed by atoms with van der Waals surface area (Å²) in [5.41, 5.74) is 0. The Labute approximate surface area is 188 Å². The smallest absolute Gasteiger partial charge is 0.191 e. The fraction of sp³-hybridized carbons (Fsp3) is 0.650. The summed E-state index contributed by atoms with van der Waals surface area (Å²) in [6.07, 6.45) is 4.18. The van der Waals surface area contributed by atoms with E-state index in [2.05, 4.69) is 15.6 Å². The van der Waals surface area contributed by atoms with Gasteiger partial charge in [-0.1, -0.05) is 19.4 Å². The van der Waals surface area contributed by atoms with Crippen LogP contribution < -0.4 is 20.1 Å². The first kappa shape index (κ1) is 25.0. The molecule has 0 spiro atoms. The second-order valence-electron chi connectivity index (χ2n) is 6.86. The maximum absolute atomic E-state index is 12.1. The van der Waals surface area contributed by atoms with E-state index in [1.807, 2.05) is 38.1 Å². The summed E-state index contributed by atoms with van der Waals surface area (Å²) in [6, 6.07) is 7.92.